The van der Waals surface area contributed by atoms with Gasteiger partial charge >= 0.3 is 0 Å². The Hall–Kier alpha value is -1.06. The SMILES string of the molecule is OC1CCCCN1CCOc1ccccc1. The van der Waals surface area contributed by atoms with Crippen molar-refractivity contribution in [3.05, 3.63) is 30.3 Å². The average Bonchev–Trinajstić information content (AvgIpc) is 2.33. The molecule has 0 amide bonds. The second-order valence-electron chi connectivity index (χ2n) is 4.17. The quantitative estimate of drug-likeness (QED) is 0.842. The minimum Gasteiger partial charge on any atom is -0.492 e. The Morgan fingerprint density at radius 2 is 2.06 bits per heavy atom. The van der Waals surface area contributed by atoms with Crippen LogP contribution in [0.15, 0.2) is 30.3 Å². The number of benzene rings is 1. The largest absolute Gasteiger partial charge is 0.492 e. The van der Waals surface area contributed by atoms with Gasteiger partial charge in [-0.15, -0.1) is 0 Å². The molecule has 3 heteroatoms. The zero-order valence-corrected chi connectivity index (χ0v) is 9.51. The maximum absolute atomic E-state index is 9.74. The number of para-hydroxylation sites is 1. The van der Waals surface area contributed by atoms with Gasteiger partial charge in [-0.2, -0.15) is 0 Å². The maximum atomic E-state index is 9.74. The van der Waals surface area contributed by atoms with Crippen molar-refractivity contribution in [1.82, 2.24) is 4.90 Å². The number of piperidine rings is 1. The molecule has 1 aliphatic heterocycles. The number of aliphatic hydroxyl groups is 1. The lowest BCUT2D eigenvalue weighted by molar-refractivity contribution is -0.0292. The number of ether oxygens (including phenoxy) is 1. The van der Waals surface area contributed by atoms with E-state index in [2.05, 4.69) is 4.90 Å². The van der Waals surface area contributed by atoms with Crippen LogP contribution < -0.4 is 4.74 Å². The van der Waals surface area contributed by atoms with E-state index in [1.807, 2.05) is 30.3 Å². The van der Waals surface area contributed by atoms with Crippen LogP contribution >= 0.6 is 0 Å². The highest BCUT2D eigenvalue weighted by atomic mass is 16.5. The molecule has 0 bridgehead atoms. The molecule has 1 fully saturated rings. The second kappa shape index (κ2) is 5.87. The number of aliphatic hydroxyl groups excluding tert-OH is 1. The van der Waals surface area contributed by atoms with Crippen LogP contribution in [0.1, 0.15) is 19.3 Å². The van der Waals surface area contributed by atoms with Gasteiger partial charge in [0.05, 0.1) is 0 Å². The molecule has 88 valence electrons. The Balaban J connectivity index is 1.71. The van der Waals surface area contributed by atoms with E-state index < -0.39 is 0 Å². The zero-order chi connectivity index (χ0) is 11.2. The third-order valence-corrected chi connectivity index (χ3v) is 2.97. The van der Waals surface area contributed by atoms with Crippen molar-refractivity contribution in [3.8, 4) is 5.75 Å². The van der Waals surface area contributed by atoms with Gasteiger partial charge in [0.25, 0.3) is 0 Å². The molecule has 1 aromatic carbocycles. The Labute approximate surface area is 96.6 Å². The first-order valence-electron chi connectivity index (χ1n) is 5.96. The summed E-state index contributed by atoms with van der Waals surface area (Å²) in [5.74, 6) is 0.897. The monoisotopic (exact) mass is 221 g/mol. The third kappa shape index (κ3) is 3.22. The first-order valence-corrected chi connectivity index (χ1v) is 5.96. The molecule has 1 saturated heterocycles. The lowest BCUT2D eigenvalue weighted by Crippen LogP contribution is -2.41. The van der Waals surface area contributed by atoms with Crippen LogP contribution in [0.5, 0.6) is 5.75 Å². The Morgan fingerprint density at radius 1 is 1.25 bits per heavy atom. The molecule has 1 N–H and O–H groups in total. The summed E-state index contributed by atoms with van der Waals surface area (Å²) in [7, 11) is 0. The molecule has 3 nitrogen and oxygen atoms in total. The van der Waals surface area contributed by atoms with Crippen LogP contribution in [0, 0.1) is 0 Å². The van der Waals surface area contributed by atoms with Crippen LogP contribution in [0.3, 0.4) is 0 Å². The number of likely N-dealkylation sites (tertiary alicyclic amines) is 1. The van der Waals surface area contributed by atoms with Gasteiger partial charge in [0.2, 0.25) is 0 Å². The van der Waals surface area contributed by atoms with E-state index in [1.54, 1.807) is 0 Å². The summed E-state index contributed by atoms with van der Waals surface area (Å²) in [6.45, 7) is 2.43. The second-order valence-corrected chi connectivity index (χ2v) is 4.17. The van der Waals surface area contributed by atoms with E-state index in [1.165, 1.54) is 6.42 Å². The molecule has 0 radical (unpaired) electrons. The Morgan fingerprint density at radius 3 is 2.81 bits per heavy atom. The normalized spacial score (nSPS) is 21.9. The van der Waals surface area contributed by atoms with E-state index in [0.29, 0.717) is 6.61 Å². The minimum atomic E-state index is -0.270. The molecular weight excluding hydrogens is 202 g/mol. The molecular formula is C13H19NO2. The van der Waals surface area contributed by atoms with Gasteiger partial charge in [-0.3, -0.25) is 4.90 Å². The van der Waals surface area contributed by atoms with Gasteiger partial charge in [0.15, 0.2) is 0 Å². The number of hydrogen-bond donors (Lipinski definition) is 1. The van der Waals surface area contributed by atoms with Gasteiger partial charge in [-0.25, -0.2) is 0 Å². The van der Waals surface area contributed by atoms with Crippen molar-refractivity contribution in [3.63, 3.8) is 0 Å². The number of nitrogens with zero attached hydrogens (tertiary/aromatic N) is 1. The van der Waals surface area contributed by atoms with Crippen molar-refractivity contribution < 1.29 is 9.84 Å². The van der Waals surface area contributed by atoms with Crippen LogP contribution in [0.25, 0.3) is 0 Å². The molecule has 1 atom stereocenters. The van der Waals surface area contributed by atoms with Crippen molar-refractivity contribution in [2.75, 3.05) is 19.7 Å². The van der Waals surface area contributed by atoms with Crippen LogP contribution in [-0.4, -0.2) is 35.9 Å². The van der Waals surface area contributed by atoms with E-state index in [4.69, 9.17) is 4.74 Å². The van der Waals surface area contributed by atoms with Crippen LogP contribution in [0.4, 0.5) is 0 Å². The molecule has 2 rings (SSSR count). The zero-order valence-electron chi connectivity index (χ0n) is 9.51. The Kier molecular flexibility index (Phi) is 4.19. The summed E-state index contributed by atoms with van der Waals surface area (Å²) in [5.41, 5.74) is 0. The Bertz CT molecular complexity index is 302. The van der Waals surface area contributed by atoms with Gasteiger partial charge < -0.3 is 9.84 Å². The lowest BCUT2D eigenvalue weighted by atomic mass is 10.1. The van der Waals surface area contributed by atoms with Crippen molar-refractivity contribution in [2.45, 2.75) is 25.5 Å². The summed E-state index contributed by atoms with van der Waals surface area (Å²) in [5, 5.41) is 9.74. The van der Waals surface area contributed by atoms with Crippen molar-refractivity contribution in [2.24, 2.45) is 0 Å². The molecule has 1 heterocycles. The van der Waals surface area contributed by atoms with E-state index >= 15 is 0 Å². The number of rotatable bonds is 4. The predicted molar refractivity (Wildman–Crippen MR) is 63.4 cm³/mol. The molecule has 16 heavy (non-hydrogen) atoms. The minimum absolute atomic E-state index is 0.270. The van der Waals surface area contributed by atoms with E-state index in [9.17, 15) is 5.11 Å². The molecule has 0 aliphatic carbocycles. The average molecular weight is 221 g/mol. The molecule has 1 aromatic rings. The fourth-order valence-corrected chi connectivity index (χ4v) is 2.03. The summed E-state index contributed by atoms with van der Waals surface area (Å²) >= 11 is 0. The predicted octanol–water partition coefficient (Wildman–Crippen LogP) is 1.87. The summed E-state index contributed by atoms with van der Waals surface area (Å²) in [4.78, 5) is 2.09. The summed E-state index contributed by atoms with van der Waals surface area (Å²) < 4.78 is 5.60. The smallest absolute Gasteiger partial charge is 0.119 e. The van der Waals surface area contributed by atoms with Gasteiger partial charge in [0, 0.05) is 13.1 Å². The molecule has 1 aliphatic rings. The molecule has 1 unspecified atom stereocenters. The van der Waals surface area contributed by atoms with E-state index in [0.717, 1.165) is 31.7 Å². The summed E-state index contributed by atoms with van der Waals surface area (Å²) in [6, 6.07) is 9.80. The van der Waals surface area contributed by atoms with Gasteiger partial charge in [-0.05, 0) is 31.4 Å². The highest BCUT2D eigenvalue weighted by Gasteiger charge is 2.18. The van der Waals surface area contributed by atoms with Crippen LogP contribution in [-0.2, 0) is 0 Å². The van der Waals surface area contributed by atoms with Crippen molar-refractivity contribution in [1.29, 1.82) is 0 Å². The standard InChI is InChI=1S/C13H19NO2/c15-13-8-4-5-9-14(13)10-11-16-12-6-2-1-3-7-12/h1-3,6-7,13,15H,4-5,8-11H2. The number of hydrogen-bond acceptors (Lipinski definition) is 3. The van der Waals surface area contributed by atoms with E-state index in [-0.39, 0.29) is 6.23 Å². The first kappa shape index (κ1) is 11.4. The fraction of sp³-hybridized carbons (Fsp3) is 0.538. The van der Waals surface area contributed by atoms with Crippen LogP contribution in [0.2, 0.25) is 0 Å². The molecule has 0 aromatic heterocycles. The maximum Gasteiger partial charge on any atom is 0.119 e. The van der Waals surface area contributed by atoms with Gasteiger partial charge in [-0.1, -0.05) is 18.2 Å². The highest BCUT2D eigenvalue weighted by molar-refractivity contribution is 5.20. The van der Waals surface area contributed by atoms with Gasteiger partial charge in [0.1, 0.15) is 18.6 Å². The van der Waals surface area contributed by atoms with Crippen molar-refractivity contribution >= 4 is 0 Å². The topological polar surface area (TPSA) is 32.7 Å². The summed E-state index contributed by atoms with van der Waals surface area (Å²) in [6.07, 6.45) is 2.94. The molecule has 0 spiro atoms. The first-order chi connectivity index (χ1) is 7.86. The highest BCUT2D eigenvalue weighted by Crippen LogP contribution is 2.14. The third-order valence-electron chi connectivity index (χ3n) is 2.97. The molecule has 0 saturated carbocycles. The lowest BCUT2D eigenvalue weighted by Gasteiger charge is -2.31. The fourth-order valence-electron chi connectivity index (χ4n) is 2.03.